The maximum absolute atomic E-state index is 11.7. The second kappa shape index (κ2) is 5.56. The Labute approximate surface area is 105 Å². The number of rotatable bonds is 5. The van der Waals surface area contributed by atoms with E-state index in [1.54, 1.807) is 0 Å². The van der Waals surface area contributed by atoms with Crippen LogP contribution in [0.1, 0.15) is 12.0 Å². The van der Waals surface area contributed by atoms with Crippen molar-refractivity contribution in [1.82, 2.24) is 0 Å². The average molecular weight is 242 g/mol. The summed E-state index contributed by atoms with van der Waals surface area (Å²) in [6, 6.07) is 13.6. The normalized spacial score (nSPS) is 10.5. The number of benzene rings is 2. The van der Waals surface area contributed by atoms with Gasteiger partial charge in [-0.15, -0.1) is 0 Å². The Morgan fingerprint density at radius 2 is 1.67 bits per heavy atom. The molecule has 1 N–H and O–H groups in total. The van der Waals surface area contributed by atoms with Gasteiger partial charge in [-0.1, -0.05) is 42.5 Å². The van der Waals surface area contributed by atoms with Crippen molar-refractivity contribution in [2.75, 3.05) is 6.61 Å². The lowest BCUT2D eigenvalue weighted by molar-refractivity contribution is -0.128. The minimum atomic E-state index is -0.568. The first kappa shape index (κ1) is 12.5. The lowest BCUT2D eigenvalue weighted by Gasteiger charge is -2.05. The molecule has 0 amide bonds. The van der Waals surface area contributed by atoms with Crippen LogP contribution in [0.2, 0.25) is 0 Å². The largest absolute Gasteiger partial charge is 0.389 e. The van der Waals surface area contributed by atoms with Crippen LogP contribution in [0.5, 0.6) is 0 Å². The molecule has 0 aromatic heterocycles. The molecule has 2 aromatic rings. The molecule has 0 unspecified atom stereocenters. The van der Waals surface area contributed by atoms with Gasteiger partial charge in [0, 0.05) is 6.42 Å². The van der Waals surface area contributed by atoms with E-state index in [-0.39, 0.29) is 18.6 Å². The number of hydrogen-bond donors (Lipinski definition) is 1. The highest BCUT2D eigenvalue weighted by Gasteiger charge is 2.10. The first-order valence-electron chi connectivity index (χ1n) is 5.81. The number of carbonyl (C=O) groups excluding carboxylic acids is 2. The van der Waals surface area contributed by atoms with Crippen LogP contribution in [-0.4, -0.2) is 23.3 Å². The second-order valence-corrected chi connectivity index (χ2v) is 4.23. The van der Waals surface area contributed by atoms with Crippen molar-refractivity contribution in [3.05, 3.63) is 48.0 Å². The molecular formula is C15H14O3. The van der Waals surface area contributed by atoms with Crippen molar-refractivity contribution in [3.8, 4) is 0 Å². The number of Topliss-reactive ketones (excluding diaryl/α,β-unsaturated/α-hetero) is 2. The van der Waals surface area contributed by atoms with Crippen LogP contribution in [0.15, 0.2) is 42.5 Å². The van der Waals surface area contributed by atoms with Crippen LogP contribution < -0.4 is 0 Å². The molecule has 3 heteroatoms. The molecule has 2 rings (SSSR count). The average Bonchev–Trinajstić information content (AvgIpc) is 2.39. The summed E-state index contributed by atoms with van der Waals surface area (Å²) in [6.45, 7) is -0.568. The summed E-state index contributed by atoms with van der Waals surface area (Å²) < 4.78 is 0. The molecular weight excluding hydrogens is 228 g/mol. The SMILES string of the molecule is O=C(CO)CC(=O)Cc1cccc2ccccc12. The number of hydrogen-bond acceptors (Lipinski definition) is 3. The molecule has 0 saturated carbocycles. The number of aliphatic hydroxyl groups is 1. The summed E-state index contributed by atoms with van der Waals surface area (Å²) in [5.41, 5.74) is 0.920. The Morgan fingerprint density at radius 3 is 2.44 bits per heavy atom. The summed E-state index contributed by atoms with van der Waals surface area (Å²) in [5.74, 6) is -0.592. The topological polar surface area (TPSA) is 54.4 Å². The van der Waals surface area contributed by atoms with Crippen LogP contribution in [0.3, 0.4) is 0 Å². The van der Waals surface area contributed by atoms with E-state index in [4.69, 9.17) is 5.11 Å². The zero-order valence-electron chi connectivity index (χ0n) is 9.93. The van der Waals surface area contributed by atoms with Crippen LogP contribution in [0.25, 0.3) is 10.8 Å². The van der Waals surface area contributed by atoms with E-state index in [1.165, 1.54) is 0 Å². The Hall–Kier alpha value is -2.00. The maximum Gasteiger partial charge on any atom is 0.165 e. The zero-order valence-corrected chi connectivity index (χ0v) is 9.93. The molecule has 0 aliphatic rings. The molecule has 18 heavy (non-hydrogen) atoms. The van der Waals surface area contributed by atoms with Crippen LogP contribution >= 0.6 is 0 Å². The van der Waals surface area contributed by atoms with Gasteiger partial charge in [-0.05, 0) is 16.3 Å². The highest BCUT2D eigenvalue weighted by molar-refractivity contribution is 6.01. The van der Waals surface area contributed by atoms with Gasteiger partial charge < -0.3 is 5.11 Å². The molecule has 0 atom stereocenters. The molecule has 0 saturated heterocycles. The van der Waals surface area contributed by atoms with Crippen LogP contribution in [0, 0.1) is 0 Å². The Balaban J connectivity index is 2.21. The Kier molecular flexibility index (Phi) is 3.85. The smallest absolute Gasteiger partial charge is 0.165 e. The van der Waals surface area contributed by atoms with Gasteiger partial charge in [0.1, 0.15) is 12.4 Å². The van der Waals surface area contributed by atoms with Gasteiger partial charge in [-0.25, -0.2) is 0 Å². The van der Waals surface area contributed by atoms with E-state index in [1.807, 2.05) is 42.5 Å². The van der Waals surface area contributed by atoms with E-state index >= 15 is 0 Å². The molecule has 0 heterocycles. The number of ketones is 2. The lowest BCUT2D eigenvalue weighted by Crippen LogP contribution is -2.13. The monoisotopic (exact) mass is 242 g/mol. The zero-order chi connectivity index (χ0) is 13.0. The molecule has 92 valence electrons. The van der Waals surface area contributed by atoms with Crippen molar-refractivity contribution in [3.63, 3.8) is 0 Å². The summed E-state index contributed by atoms with van der Waals surface area (Å²) in [5, 5.41) is 10.7. The third kappa shape index (κ3) is 2.81. The van der Waals surface area contributed by atoms with Gasteiger partial charge in [0.25, 0.3) is 0 Å². The summed E-state index contributed by atoms with van der Waals surface area (Å²) in [6.07, 6.45) is 0.0345. The fourth-order valence-electron chi connectivity index (χ4n) is 2.00. The molecule has 0 aliphatic heterocycles. The number of fused-ring (bicyclic) bond motifs is 1. The van der Waals surface area contributed by atoms with Gasteiger partial charge in [-0.3, -0.25) is 9.59 Å². The fourth-order valence-corrected chi connectivity index (χ4v) is 2.00. The van der Waals surface area contributed by atoms with E-state index in [0.717, 1.165) is 16.3 Å². The second-order valence-electron chi connectivity index (χ2n) is 4.23. The molecule has 0 spiro atoms. The van der Waals surface area contributed by atoms with E-state index < -0.39 is 12.4 Å². The Bertz CT molecular complexity index is 582. The molecule has 0 radical (unpaired) electrons. The molecule has 3 nitrogen and oxygen atoms in total. The lowest BCUT2D eigenvalue weighted by atomic mass is 9.99. The predicted octanol–water partition coefficient (Wildman–Crippen LogP) is 1.90. The quantitative estimate of drug-likeness (QED) is 0.815. The van der Waals surface area contributed by atoms with E-state index in [9.17, 15) is 9.59 Å². The predicted molar refractivity (Wildman–Crippen MR) is 69.4 cm³/mol. The van der Waals surface area contributed by atoms with Gasteiger partial charge in [-0.2, -0.15) is 0 Å². The van der Waals surface area contributed by atoms with Gasteiger partial charge in [0.2, 0.25) is 0 Å². The van der Waals surface area contributed by atoms with Crippen LogP contribution in [0.4, 0.5) is 0 Å². The van der Waals surface area contributed by atoms with Crippen molar-refractivity contribution in [1.29, 1.82) is 0 Å². The number of aliphatic hydroxyl groups excluding tert-OH is 1. The summed E-state index contributed by atoms with van der Waals surface area (Å²) in [4.78, 5) is 22.7. The fraction of sp³-hybridized carbons (Fsp3) is 0.200. The van der Waals surface area contributed by atoms with E-state index in [0.29, 0.717) is 0 Å². The number of carbonyl (C=O) groups is 2. The highest BCUT2D eigenvalue weighted by Crippen LogP contribution is 2.19. The van der Waals surface area contributed by atoms with Gasteiger partial charge in [0.05, 0.1) is 6.42 Å². The maximum atomic E-state index is 11.7. The standard InChI is InChI=1S/C15H14O3/c16-10-14(18)9-13(17)8-12-6-3-5-11-4-1-2-7-15(11)12/h1-7,16H,8-10H2. The van der Waals surface area contributed by atoms with E-state index in [2.05, 4.69) is 0 Å². The molecule has 0 fully saturated rings. The molecule has 2 aromatic carbocycles. The third-order valence-corrected chi connectivity index (χ3v) is 2.84. The highest BCUT2D eigenvalue weighted by atomic mass is 16.3. The molecule has 0 aliphatic carbocycles. The molecule has 0 bridgehead atoms. The van der Waals surface area contributed by atoms with Gasteiger partial charge in [0.15, 0.2) is 5.78 Å². The van der Waals surface area contributed by atoms with Gasteiger partial charge >= 0.3 is 0 Å². The first-order chi connectivity index (χ1) is 8.70. The van der Waals surface area contributed by atoms with Crippen molar-refractivity contribution in [2.24, 2.45) is 0 Å². The van der Waals surface area contributed by atoms with Crippen molar-refractivity contribution in [2.45, 2.75) is 12.8 Å². The first-order valence-corrected chi connectivity index (χ1v) is 5.81. The minimum Gasteiger partial charge on any atom is -0.389 e. The van der Waals surface area contributed by atoms with Crippen molar-refractivity contribution < 1.29 is 14.7 Å². The third-order valence-electron chi connectivity index (χ3n) is 2.84. The van der Waals surface area contributed by atoms with Crippen molar-refractivity contribution >= 4 is 22.3 Å². The van der Waals surface area contributed by atoms with Crippen LogP contribution in [-0.2, 0) is 16.0 Å². The Morgan fingerprint density at radius 1 is 0.944 bits per heavy atom. The summed E-state index contributed by atoms with van der Waals surface area (Å²) in [7, 11) is 0. The minimum absolute atomic E-state index is 0.162. The summed E-state index contributed by atoms with van der Waals surface area (Å²) >= 11 is 0.